The Morgan fingerprint density at radius 1 is 1.21 bits per heavy atom. The average Bonchev–Trinajstić information content (AvgIpc) is 3.18. The Balaban J connectivity index is 1.59. The third-order valence-corrected chi connectivity index (χ3v) is 6.15. The number of aromatic nitrogens is 2. The lowest BCUT2D eigenvalue weighted by Gasteiger charge is -2.14. The summed E-state index contributed by atoms with van der Waals surface area (Å²) in [6.07, 6.45) is 0. The van der Waals surface area contributed by atoms with Crippen LogP contribution in [0.25, 0.3) is 5.69 Å². The molecule has 0 aliphatic carbocycles. The van der Waals surface area contributed by atoms with E-state index in [1.54, 1.807) is 28.9 Å². The molecule has 6 nitrogen and oxygen atoms in total. The van der Waals surface area contributed by atoms with Crippen LogP contribution >= 0.6 is 11.6 Å². The molecule has 8 heteroatoms. The Kier molecular flexibility index (Phi) is 5.43. The van der Waals surface area contributed by atoms with Gasteiger partial charge in [0.1, 0.15) is 11.6 Å². The second kappa shape index (κ2) is 8.00. The smallest absolute Gasteiger partial charge is 0.263 e. The molecule has 150 valence electrons. The maximum atomic E-state index is 12.6. The van der Waals surface area contributed by atoms with Crippen LogP contribution in [0.4, 0.5) is 5.82 Å². The van der Waals surface area contributed by atoms with Crippen molar-refractivity contribution in [3.63, 3.8) is 0 Å². The maximum Gasteiger partial charge on any atom is 0.263 e. The molecule has 2 heterocycles. The molecular formula is C21H20ClN3O3S. The van der Waals surface area contributed by atoms with Gasteiger partial charge in [0.2, 0.25) is 0 Å². The third-order valence-electron chi connectivity index (χ3n) is 4.69. The van der Waals surface area contributed by atoms with Crippen molar-refractivity contribution in [3.8, 4) is 11.4 Å². The van der Waals surface area contributed by atoms with Crippen LogP contribution in [-0.4, -0.2) is 26.5 Å². The summed E-state index contributed by atoms with van der Waals surface area (Å²) in [4.78, 5) is 12.6. The zero-order chi connectivity index (χ0) is 20.5. The molecule has 0 saturated heterocycles. The van der Waals surface area contributed by atoms with Crippen LogP contribution in [0.2, 0.25) is 5.02 Å². The van der Waals surface area contributed by atoms with E-state index in [1.807, 2.05) is 26.0 Å². The Morgan fingerprint density at radius 3 is 2.69 bits per heavy atom. The number of fused-ring (bicyclic) bond motifs is 1. The number of rotatable bonds is 5. The van der Waals surface area contributed by atoms with Crippen LogP contribution in [0, 0.1) is 13.8 Å². The highest BCUT2D eigenvalue weighted by Gasteiger charge is 2.28. The van der Waals surface area contributed by atoms with Crippen molar-refractivity contribution in [2.45, 2.75) is 25.4 Å². The topological polar surface area (TPSA) is 73.2 Å². The maximum absolute atomic E-state index is 12.6. The molecule has 29 heavy (non-hydrogen) atoms. The molecular weight excluding hydrogens is 410 g/mol. The van der Waals surface area contributed by atoms with E-state index in [4.69, 9.17) is 16.3 Å². The number of benzene rings is 2. The van der Waals surface area contributed by atoms with Gasteiger partial charge in [-0.05, 0) is 49.7 Å². The number of ether oxygens (including phenoxy) is 1. The van der Waals surface area contributed by atoms with E-state index in [1.165, 1.54) is 0 Å². The number of hydrogen-bond acceptors (Lipinski definition) is 4. The summed E-state index contributed by atoms with van der Waals surface area (Å²) in [6, 6.07) is 12.9. The SMILES string of the molecule is Cc1ccc(-n2nc3c(c2NC(=O)COc2ccc(Cl)cc2)C[S@@](=O)C3)c(C)c1. The summed E-state index contributed by atoms with van der Waals surface area (Å²) in [6.45, 7) is 3.87. The van der Waals surface area contributed by atoms with Crippen LogP contribution < -0.4 is 10.1 Å². The number of nitrogens with one attached hydrogen (secondary N) is 1. The van der Waals surface area contributed by atoms with Gasteiger partial charge in [-0.15, -0.1) is 0 Å². The van der Waals surface area contributed by atoms with Gasteiger partial charge in [0, 0.05) is 21.4 Å². The predicted molar refractivity (Wildman–Crippen MR) is 114 cm³/mol. The summed E-state index contributed by atoms with van der Waals surface area (Å²) in [5.41, 5.74) is 4.65. The molecule has 1 N–H and O–H groups in total. The molecule has 0 fully saturated rings. The molecule has 0 unspecified atom stereocenters. The monoisotopic (exact) mass is 429 g/mol. The van der Waals surface area contributed by atoms with E-state index in [9.17, 15) is 9.00 Å². The number of carbonyl (C=O) groups is 1. The third kappa shape index (κ3) is 4.21. The minimum Gasteiger partial charge on any atom is -0.484 e. The van der Waals surface area contributed by atoms with E-state index in [-0.39, 0.29) is 12.5 Å². The lowest BCUT2D eigenvalue weighted by molar-refractivity contribution is -0.118. The highest BCUT2D eigenvalue weighted by molar-refractivity contribution is 7.83. The lowest BCUT2D eigenvalue weighted by atomic mass is 10.1. The van der Waals surface area contributed by atoms with E-state index in [0.717, 1.165) is 28.1 Å². The van der Waals surface area contributed by atoms with Crippen molar-refractivity contribution in [2.24, 2.45) is 0 Å². The fourth-order valence-electron chi connectivity index (χ4n) is 3.32. The fourth-order valence-corrected chi connectivity index (χ4v) is 4.71. The molecule has 1 amide bonds. The number of nitrogens with zero attached hydrogens (tertiary/aromatic N) is 2. The summed E-state index contributed by atoms with van der Waals surface area (Å²) in [5.74, 6) is 1.58. The largest absolute Gasteiger partial charge is 0.484 e. The van der Waals surface area contributed by atoms with Crippen LogP contribution in [0.15, 0.2) is 42.5 Å². The van der Waals surface area contributed by atoms with Crippen molar-refractivity contribution in [1.29, 1.82) is 0 Å². The van der Waals surface area contributed by atoms with Gasteiger partial charge in [-0.1, -0.05) is 29.3 Å². The van der Waals surface area contributed by atoms with E-state index < -0.39 is 10.8 Å². The second-order valence-corrected chi connectivity index (χ2v) is 8.89. The van der Waals surface area contributed by atoms with Gasteiger partial charge >= 0.3 is 0 Å². The summed E-state index contributed by atoms with van der Waals surface area (Å²) in [5, 5.41) is 8.15. The summed E-state index contributed by atoms with van der Waals surface area (Å²) >= 11 is 5.86. The molecule has 3 aromatic rings. The standard InChI is InChI=1S/C21H20ClN3O3S/c1-13-3-8-19(14(2)9-13)25-21(17-11-29(27)12-18(17)24-25)23-20(26)10-28-16-6-4-15(22)5-7-16/h3-9H,10-12H2,1-2H3,(H,23,26)/t29-/m1/s1. The average molecular weight is 430 g/mol. The van der Waals surface area contributed by atoms with Gasteiger partial charge in [-0.2, -0.15) is 5.10 Å². The number of halogens is 1. The van der Waals surface area contributed by atoms with Gasteiger partial charge < -0.3 is 10.1 Å². The number of amides is 1. The molecule has 0 radical (unpaired) electrons. The van der Waals surface area contributed by atoms with Crippen LogP contribution in [0.3, 0.4) is 0 Å². The van der Waals surface area contributed by atoms with Gasteiger partial charge in [0.15, 0.2) is 6.61 Å². The Labute approximate surface area is 176 Å². The molecule has 0 spiro atoms. The quantitative estimate of drug-likeness (QED) is 0.667. The Morgan fingerprint density at radius 2 is 1.97 bits per heavy atom. The normalized spacial score (nSPS) is 15.2. The number of aryl methyl sites for hydroxylation is 2. The summed E-state index contributed by atoms with van der Waals surface area (Å²) < 4.78 is 19.3. The van der Waals surface area contributed by atoms with E-state index >= 15 is 0 Å². The molecule has 4 rings (SSSR count). The first-order chi connectivity index (χ1) is 13.9. The van der Waals surface area contributed by atoms with Gasteiger partial charge in [0.05, 0.1) is 22.9 Å². The first-order valence-corrected chi connectivity index (χ1v) is 11.0. The summed E-state index contributed by atoms with van der Waals surface area (Å²) in [7, 11) is -0.994. The van der Waals surface area contributed by atoms with Crippen molar-refractivity contribution < 1.29 is 13.7 Å². The molecule has 2 aromatic carbocycles. The first-order valence-electron chi connectivity index (χ1n) is 9.12. The van der Waals surface area contributed by atoms with Gasteiger partial charge in [0.25, 0.3) is 5.91 Å². The molecule has 0 saturated carbocycles. The van der Waals surface area contributed by atoms with E-state index in [2.05, 4.69) is 16.5 Å². The highest BCUT2D eigenvalue weighted by atomic mass is 35.5. The zero-order valence-electron chi connectivity index (χ0n) is 16.1. The Hall–Kier alpha value is -2.64. The Bertz CT molecular complexity index is 1110. The molecule has 0 bridgehead atoms. The van der Waals surface area contributed by atoms with Gasteiger partial charge in [-0.25, -0.2) is 4.68 Å². The van der Waals surface area contributed by atoms with Crippen LogP contribution in [-0.2, 0) is 27.1 Å². The number of anilines is 1. The molecule has 1 atom stereocenters. The molecule has 1 aliphatic heterocycles. The van der Waals surface area contributed by atoms with Crippen LogP contribution in [0.1, 0.15) is 22.4 Å². The van der Waals surface area contributed by atoms with E-state index in [0.29, 0.717) is 28.1 Å². The minimum absolute atomic E-state index is 0.155. The van der Waals surface area contributed by atoms with Crippen molar-refractivity contribution in [2.75, 3.05) is 11.9 Å². The zero-order valence-corrected chi connectivity index (χ0v) is 17.6. The van der Waals surface area contributed by atoms with Crippen molar-refractivity contribution in [1.82, 2.24) is 9.78 Å². The predicted octanol–water partition coefficient (Wildman–Crippen LogP) is 3.92. The van der Waals surface area contributed by atoms with Crippen LogP contribution in [0.5, 0.6) is 5.75 Å². The fraction of sp³-hybridized carbons (Fsp3) is 0.238. The lowest BCUT2D eigenvalue weighted by Crippen LogP contribution is -2.23. The molecule has 1 aliphatic rings. The molecule has 1 aromatic heterocycles. The number of hydrogen-bond donors (Lipinski definition) is 1. The first kappa shape index (κ1) is 19.7. The second-order valence-electron chi connectivity index (χ2n) is 6.99. The number of carbonyl (C=O) groups excluding carboxylic acids is 1. The highest BCUT2D eigenvalue weighted by Crippen LogP contribution is 2.32. The van der Waals surface area contributed by atoms with Gasteiger partial charge in [-0.3, -0.25) is 9.00 Å². The van der Waals surface area contributed by atoms with Crippen molar-refractivity contribution in [3.05, 3.63) is 69.9 Å². The minimum atomic E-state index is -0.994. The van der Waals surface area contributed by atoms with Crippen molar-refractivity contribution >= 4 is 34.1 Å².